The number of benzene rings is 4. The van der Waals surface area contributed by atoms with E-state index in [1.54, 1.807) is 49.4 Å². The molecule has 0 amide bonds. The van der Waals surface area contributed by atoms with Crippen LogP contribution in [0.3, 0.4) is 0 Å². The summed E-state index contributed by atoms with van der Waals surface area (Å²) >= 11 is 3.35. The molecule has 8 aromatic rings. The van der Waals surface area contributed by atoms with Crippen molar-refractivity contribution in [2.24, 2.45) is 10.4 Å². The van der Waals surface area contributed by atoms with Gasteiger partial charge >= 0.3 is 0 Å². The van der Waals surface area contributed by atoms with Gasteiger partial charge in [-0.3, -0.25) is 19.3 Å². The first-order valence-electron chi connectivity index (χ1n) is 23.2. The van der Waals surface area contributed by atoms with Crippen LogP contribution in [0.5, 0.6) is 23.0 Å². The predicted octanol–water partition coefficient (Wildman–Crippen LogP) is 11.2. The van der Waals surface area contributed by atoms with E-state index in [1.165, 1.54) is 10.4 Å². The summed E-state index contributed by atoms with van der Waals surface area (Å²) < 4.78 is 32.5. The van der Waals surface area contributed by atoms with E-state index in [1.807, 2.05) is 73.7 Å². The van der Waals surface area contributed by atoms with Crippen LogP contribution in [0.25, 0.3) is 25.5 Å². The fourth-order valence-electron chi connectivity index (χ4n) is 10.1. The van der Waals surface area contributed by atoms with Crippen molar-refractivity contribution in [2.75, 3.05) is 40.5 Å². The maximum Gasteiger partial charge on any atom is 0.196 e. The lowest BCUT2D eigenvalue weighted by Crippen LogP contribution is -2.51. The van der Waals surface area contributed by atoms with Gasteiger partial charge in [0.1, 0.15) is 52.7 Å². The second-order valence-electron chi connectivity index (χ2n) is 18.1. The average molecular weight is 945 g/mol. The van der Waals surface area contributed by atoms with Gasteiger partial charge in [0.05, 0.1) is 38.7 Å². The Kier molecular flexibility index (Phi) is 11.7. The second-order valence-corrected chi connectivity index (χ2v) is 20.4. The molecule has 0 radical (unpaired) electrons. The van der Waals surface area contributed by atoms with Crippen LogP contribution in [0.15, 0.2) is 113 Å². The topological polar surface area (TPSA) is 126 Å². The molecular formula is C54H52N6O6S2. The van der Waals surface area contributed by atoms with Crippen LogP contribution >= 0.6 is 22.7 Å². The van der Waals surface area contributed by atoms with Crippen LogP contribution in [0.4, 0.5) is 0 Å². The second kappa shape index (κ2) is 18.1. The molecule has 2 aliphatic heterocycles. The average Bonchev–Trinajstić information content (AvgIpc) is 4.15. The lowest BCUT2D eigenvalue weighted by Gasteiger charge is -2.51. The summed E-state index contributed by atoms with van der Waals surface area (Å²) in [6.45, 7) is 9.87. The number of fused-ring (bicyclic) bond motifs is 4. The van der Waals surface area contributed by atoms with Crippen LogP contribution in [0.1, 0.15) is 86.8 Å². The number of aliphatic imine (C=N–C) groups is 1. The molecule has 1 spiro atoms. The largest absolute Gasteiger partial charge is 0.497 e. The molecule has 0 N–H and O–H groups in total. The van der Waals surface area contributed by atoms with Gasteiger partial charge in [-0.15, -0.1) is 32.9 Å². The minimum Gasteiger partial charge on any atom is -0.497 e. The SMILES string of the molecule is COc1ccc(-c2sc3cc(OC)ccc3c2C(=O)c2ccc(OCCN3CCC4(CC3)CC(Oc3ccc(C5=N[C@@H](Cc6ncco6)c6nnc(C)n6-c6sc(C)c(C)c65)cc3)C4)cc2)cc1. The lowest BCUT2D eigenvalue weighted by molar-refractivity contribution is -0.0562. The van der Waals surface area contributed by atoms with Gasteiger partial charge in [0.2, 0.25) is 0 Å². The molecule has 12 nitrogen and oxygen atoms in total. The Hall–Kier alpha value is -6.61. The van der Waals surface area contributed by atoms with Gasteiger partial charge in [0, 0.05) is 48.6 Å². The Morgan fingerprint density at radius 3 is 2.25 bits per heavy atom. The van der Waals surface area contributed by atoms with Crippen LogP contribution in [0, 0.1) is 26.2 Å². The monoisotopic (exact) mass is 944 g/mol. The highest BCUT2D eigenvalue weighted by molar-refractivity contribution is 7.22. The lowest BCUT2D eigenvalue weighted by atomic mass is 9.61. The third-order valence-corrected chi connectivity index (χ3v) is 16.4. The molecule has 6 heterocycles. The van der Waals surface area contributed by atoms with E-state index in [0.717, 1.165) is 122 Å². The number of ether oxygens (including phenoxy) is 4. The molecule has 4 aromatic heterocycles. The molecule has 0 bridgehead atoms. The Balaban J connectivity index is 0.682. The number of hydrogen-bond donors (Lipinski definition) is 0. The van der Waals surface area contributed by atoms with Crippen LogP contribution < -0.4 is 18.9 Å². The number of ketones is 1. The molecule has 11 rings (SSSR count). The Morgan fingerprint density at radius 2 is 1.53 bits per heavy atom. The van der Waals surface area contributed by atoms with Gasteiger partial charge in [0.15, 0.2) is 17.5 Å². The Bertz CT molecular complexity index is 3140. The molecule has 1 saturated carbocycles. The number of methoxy groups -OCH3 is 2. The van der Waals surface area contributed by atoms with E-state index in [-0.39, 0.29) is 17.9 Å². The quantitative estimate of drug-likeness (QED) is 0.0973. The number of carbonyl (C=O) groups excluding carboxylic acids is 1. The number of likely N-dealkylation sites (tertiary alicyclic amines) is 1. The van der Waals surface area contributed by atoms with Gasteiger partial charge < -0.3 is 23.4 Å². The van der Waals surface area contributed by atoms with Crippen molar-refractivity contribution in [3.8, 4) is 38.4 Å². The molecule has 346 valence electrons. The number of nitrogens with zero attached hydrogens (tertiary/aromatic N) is 6. The smallest absolute Gasteiger partial charge is 0.196 e. The highest BCUT2D eigenvalue weighted by Crippen LogP contribution is 2.50. The molecule has 1 atom stereocenters. The summed E-state index contributed by atoms with van der Waals surface area (Å²) in [5.41, 5.74) is 6.91. The van der Waals surface area contributed by atoms with Crippen molar-refractivity contribution in [2.45, 2.75) is 65.0 Å². The maximum absolute atomic E-state index is 14.2. The van der Waals surface area contributed by atoms with Gasteiger partial charge in [0.25, 0.3) is 0 Å². The number of hydrogen-bond acceptors (Lipinski definition) is 13. The summed E-state index contributed by atoms with van der Waals surface area (Å²) in [5, 5.41) is 11.1. The molecule has 1 saturated heterocycles. The van der Waals surface area contributed by atoms with Gasteiger partial charge in [-0.1, -0.05) is 0 Å². The first-order valence-corrected chi connectivity index (χ1v) is 24.8. The number of oxazole rings is 1. The van der Waals surface area contributed by atoms with Crippen molar-refractivity contribution >= 4 is 44.3 Å². The molecule has 4 aromatic carbocycles. The molecule has 0 unspecified atom stereocenters. The number of thiophene rings is 2. The zero-order chi connectivity index (χ0) is 46.5. The van der Waals surface area contributed by atoms with Gasteiger partial charge in [-0.05, 0) is 167 Å². The minimum atomic E-state index is -0.312. The third-order valence-electron chi connectivity index (χ3n) is 14.0. The summed E-state index contributed by atoms with van der Waals surface area (Å²) in [6.07, 6.45) is 8.43. The zero-order valence-corrected chi connectivity index (χ0v) is 40.4. The van der Waals surface area contributed by atoms with Crippen LogP contribution in [-0.2, 0) is 6.42 Å². The molecule has 14 heteroatoms. The summed E-state index contributed by atoms with van der Waals surface area (Å²) in [4.78, 5) is 28.7. The third kappa shape index (κ3) is 8.28. The van der Waals surface area contributed by atoms with Crippen molar-refractivity contribution in [1.29, 1.82) is 0 Å². The van der Waals surface area contributed by atoms with Crippen molar-refractivity contribution in [3.63, 3.8) is 0 Å². The first kappa shape index (κ1) is 43.9. The predicted molar refractivity (Wildman–Crippen MR) is 266 cm³/mol. The van der Waals surface area contributed by atoms with Crippen LogP contribution in [0.2, 0.25) is 0 Å². The fourth-order valence-corrected chi connectivity index (χ4v) is 12.5. The van der Waals surface area contributed by atoms with E-state index in [4.69, 9.17) is 28.4 Å². The van der Waals surface area contributed by atoms with Gasteiger partial charge in [-0.25, -0.2) is 4.98 Å². The van der Waals surface area contributed by atoms with E-state index in [0.29, 0.717) is 35.5 Å². The van der Waals surface area contributed by atoms with E-state index in [2.05, 4.69) is 62.8 Å². The van der Waals surface area contributed by atoms with Crippen molar-refractivity contribution in [1.82, 2.24) is 24.6 Å². The van der Waals surface area contributed by atoms with E-state index in [9.17, 15) is 4.79 Å². The first-order chi connectivity index (χ1) is 33.2. The van der Waals surface area contributed by atoms with Crippen molar-refractivity contribution in [3.05, 3.63) is 154 Å². The van der Waals surface area contributed by atoms with Crippen LogP contribution in [-0.4, -0.2) is 82.7 Å². The minimum absolute atomic E-state index is 0.0250. The number of aromatic nitrogens is 4. The molecule has 1 aliphatic carbocycles. The molecular weight excluding hydrogens is 893 g/mol. The molecule has 68 heavy (non-hydrogen) atoms. The van der Waals surface area contributed by atoms with Gasteiger partial charge in [-0.2, -0.15) is 0 Å². The summed E-state index contributed by atoms with van der Waals surface area (Å²) in [6, 6.07) is 29.4. The zero-order valence-electron chi connectivity index (χ0n) is 38.8. The normalized spacial score (nSPS) is 16.7. The number of rotatable bonds is 14. The highest BCUT2D eigenvalue weighted by Gasteiger charge is 2.47. The maximum atomic E-state index is 14.2. The van der Waals surface area contributed by atoms with Crippen molar-refractivity contribution < 1.29 is 28.2 Å². The molecule has 2 fully saturated rings. The number of carbonyl (C=O) groups is 1. The van der Waals surface area contributed by atoms with E-state index < -0.39 is 0 Å². The summed E-state index contributed by atoms with van der Waals surface area (Å²) in [7, 11) is 3.31. The number of piperidine rings is 1. The Labute approximate surface area is 403 Å². The van der Waals surface area contributed by atoms with E-state index >= 15 is 0 Å². The fraction of sp³-hybridized carbons (Fsp3) is 0.315. The highest BCUT2D eigenvalue weighted by atomic mass is 32.1. The number of aryl methyl sites for hydroxylation is 2. The standard InChI is InChI=1S/C54H52N6O6S2/c1-32-33(2)67-53-47(32)49(56-44(29-46-55-22-26-65-46)52-58-57-34(3)60(52)53)35-6-16-40(17-7-35)66-42-30-54(31-42)20-23-59(24-21-54)25-27-64-39-14-8-36(9-15-39)50(61)48-43-19-18-41(63-5)28-45(43)68-51(48)37-10-12-38(62-4)13-11-37/h6-19,22,26,28,42,44H,20-21,23-25,27,29-31H2,1-5H3/t44-/m0/s1. The Morgan fingerprint density at radius 1 is 0.824 bits per heavy atom. The summed E-state index contributed by atoms with van der Waals surface area (Å²) in [5.74, 6) is 5.39. The molecule has 3 aliphatic rings.